The number of nitrogens with one attached hydrogen (secondary N) is 1. The van der Waals surface area contributed by atoms with E-state index in [2.05, 4.69) is 10.2 Å². The molecule has 0 radical (unpaired) electrons. The summed E-state index contributed by atoms with van der Waals surface area (Å²) in [6.45, 7) is 2.52. The fraction of sp³-hybridized carbons (Fsp3) is 0.833. The molecule has 1 heterocycles. The molecule has 0 aromatic rings. The molecule has 0 unspecified atom stereocenters. The van der Waals surface area contributed by atoms with E-state index in [0.29, 0.717) is 19.0 Å². The summed E-state index contributed by atoms with van der Waals surface area (Å²) in [7, 11) is 3.56. The van der Waals surface area contributed by atoms with Gasteiger partial charge in [-0.3, -0.25) is 9.59 Å². The maximum Gasteiger partial charge on any atom is 0.323 e. The van der Waals surface area contributed by atoms with Gasteiger partial charge in [0.1, 0.15) is 6.54 Å². The predicted molar refractivity (Wildman–Crippen MR) is 68.4 cm³/mol. The fourth-order valence-electron chi connectivity index (χ4n) is 2.18. The van der Waals surface area contributed by atoms with Crippen LogP contribution >= 0.6 is 0 Å². The van der Waals surface area contributed by atoms with Crippen LogP contribution in [-0.4, -0.2) is 73.1 Å². The summed E-state index contributed by atoms with van der Waals surface area (Å²) < 4.78 is 0. The topological polar surface area (TPSA) is 72.9 Å². The number of likely N-dealkylation sites (N-methyl/N-ethyl adjacent to an activating group) is 1. The van der Waals surface area contributed by atoms with Crippen molar-refractivity contribution in [2.45, 2.75) is 25.3 Å². The second kappa shape index (κ2) is 7.33. The normalized spacial score (nSPS) is 16.8. The smallest absolute Gasteiger partial charge is 0.323 e. The molecule has 0 spiro atoms. The van der Waals surface area contributed by atoms with Crippen LogP contribution in [0.25, 0.3) is 0 Å². The predicted octanol–water partition coefficient (Wildman–Crippen LogP) is -0.397. The van der Waals surface area contributed by atoms with Crippen LogP contribution in [0.4, 0.5) is 0 Å². The van der Waals surface area contributed by atoms with Crippen molar-refractivity contribution in [3.05, 3.63) is 0 Å². The van der Waals surface area contributed by atoms with Crippen LogP contribution in [0.3, 0.4) is 0 Å². The maximum absolute atomic E-state index is 11.7. The Morgan fingerprint density at radius 1 is 1.28 bits per heavy atom. The van der Waals surface area contributed by atoms with Crippen molar-refractivity contribution in [2.24, 2.45) is 0 Å². The number of piperidine rings is 1. The van der Waals surface area contributed by atoms with Crippen molar-refractivity contribution >= 4 is 11.9 Å². The van der Waals surface area contributed by atoms with E-state index < -0.39 is 5.97 Å². The van der Waals surface area contributed by atoms with Crippen LogP contribution in [0.2, 0.25) is 0 Å². The average molecular weight is 257 g/mol. The maximum atomic E-state index is 11.7. The van der Waals surface area contributed by atoms with Gasteiger partial charge in [-0.05, 0) is 33.0 Å². The standard InChI is InChI=1S/C12H23N3O3/c1-14(10-3-6-13-7-4-10)8-5-11(16)15(2)9-12(17)18/h10,13H,3-9H2,1-2H3,(H,17,18). The van der Waals surface area contributed by atoms with E-state index in [1.54, 1.807) is 0 Å². The van der Waals surface area contributed by atoms with Gasteiger partial charge in [-0.25, -0.2) is 0 Å². The molecule has 1 fully saturated rings. The Labute approximate surface area is 108 Å². The lowest BCUT2D eigenvalue weighted by atomic mass is 10.1. The van der Waals surface area contributed by atoms with Crippen LogP contribution in [0, 0.1) is 0 Å². The Balaban J connectivity index is 2.26. The van der Waals surface area contributed by atoms with Crippen LogP contribution in [0.1, 0.15) is 19.3 Å². The molecule has 6 nitrogen and oxygen atoms in total. The van der Waals surface area contributed by atoms with Crippen molar-refractivity contribution in [1.82, 2.24) is 15.1 Å². The number of aliphatic carboxylic acids is 1. The van der Waals surface area contributed by atoms with E-state index >= 15 is 0 Å². The minimum atomic E-state index is -0.974. The van der Waals surface area contributed by atoms with Crippen LogP contribution in [-0.2, 0) is 9.59 Å². The molecule has 0 aliphatic carbocycles. The second-order valence-electron chi connectivity index (χ2n) is 4.86. The summed E-state index contributed by atoms with van der Waals surface area (Å²) in [6, 6.07) is 0.531. The summed E-state index contributed by atoms with van der Waals surface area (Å²) in [5, 5.41) is 11.9. The molecule has 6 heteroatoms. The van der Waals surface area contributed by atoms with Gasteiger partial charge in [0.05, 0.1) is 0 Å². The SMILES string of the molecule is CN(CC(=O)O)C(=O)CCN(C)C1CCNCC1. The zero-order valence-electron chi connectivity index (χ0n) is 11.2. The number of nitrogens with zero attached hydrogens (tertiary/aromatic N) is 2. The Hall–Kier alpha value is -1.14. The lowest BCUT2D eigenvalue weighted by Crippen LogP contribution is -2.42. The molecule has 1 rings (SSSR count). The minimum Gasteiger partial charge on any atom is -0.480 e. The number of carboxylic acid groups (broad SMARTS) is 1. The molecule has 0 aromatic carbocycles. The van der Waals surface area contributed by atoms with Crippen molar-refractivity contribution in [3.63, 3.8) is 0 Å². The first kappa shape index (κ1) is 14.9. The second-order valence-corrected chi connectivity index (χ2v) is 4.86. The van der Waals surface area contributed by atoms with Crippen LogP contribution < -0.4 is 5.32 Å². The summed E-state index contributed by atoms with van der Waals surface area (Å²) in [4.78, 5) is 25.6. The zero-order chi connectivity index (χ0) is 13.5. The van der Waals surface area contributed by atoms with E-state index in [9.17, 15) is 9.59 Å². The quantitative estimate of drug-likeness (QED) is 0.677. The number of amides is 1. The Morgan fingerprint density at radius 3 is 2.44 bits per heavy atom. The average Bonchev–Trinajstić information content (AvgIpc) is 2.35. The Morgan fingerprint density at radius 2 is 1.89 bits per heavy atom. The van der Waals surface area contributed by atoms with Gasteiger partial charge < -0.3 is 20.2 Å². The molecule has 0 bridgehead atoms. The lowest BCUT2D eigenvalue weighted by Gasteiger charge is -2.31. The first-order valence-corrected chi connectivity index (χ1v) is 6.37. The van der Waals surface area contributed by atoms with Crippen molar-refractivity contribution in [1.29, 1.82) is 0 Å². The number of carbonyl (C=O) groups excluding carboxylic acids is 1. The van der Waals surface area contributed by atoms with Crippen LogP contribution in [0.15, 0.2) is 0 Å². The van der Waals surface area contributed by atoms with Gasteiger partial charge in [0, 0.05) is 26.1 Å². The first-order valence-electron chi connectivity index (χ1n) is 6.37. The van der Waals surface area contributed by atoms with Crippen molar-refractivity contribution in [3.8, 4) is 0 Å². The van der Waals surface area contributed by atoms with Gasteiger partial charge in [0.25, 0.3) is 0 Å². The number of rotatable bonds is 6. The molecule has 0 saturated carbocycles. The molecule has 18 heavy (non-hydrogen) atoms. The summed E-state index contributed by atoms with van der Waals surface area (Å²) >= 11 is 0. The highest BCUT2D eigenvalue weighted by molar-refractivity contribution is 5.81. The molecule has 1 amide bonds. The third kappa shape index (κ3) is 5.01. The van der Waals surface area contributed by atoms with Gasteiger partial charge in [0.15, 0.2) is 0 Å². The lowest BCUT2D eigenvalue weighted by molar-refractivity contribution is -0.143. The molecule has 0 aromatic heterocycles. The van der Waals surface area contributed by atoms with Crippen molar-refractivity contribution < 1.29 is 14.7 Å². The molecule has 0 atom stereocenters. The van der Waals surface area contributed by atoms with E-state index in [0.717, 1.165) is 25.9 Å². The van der Waals surface area contributed by atoms with Gasteiger partial charge in [0.2, 0.25) is 5.91 Å². The minimum absolute atomic E-state index is 0.113. The van der Waals surface area contributed by atoms with Gasteiger partial charge >= 0.3 is 5.97 Å². The van der Waals surface area contributed by atoms with Gasteiger partial charge in [-0.2, -0.15) is 0 Å². The highest BCUT2D eigenvalue weighted by Crippen LogP contribution is 2.10. The molecular weight excluding hydrogens is 234 g/mol. The third-order valence-electron chi connectivity index (χ3n) is 3.41. The van der Waals surface area contributed by atoms with Gasteiger partial charge in [-0.15, -0.1) is 0 Å². The highest BCUT2D eigenvalue weighted by atomic mass is 16.4. The first-order chi connectivity index (χ1) is 8.50. The number of hydrogen-bond acceptors (Lipinski definition) is 4. The Bertz CT molecular complexity index is 290. The number of hydrogen-bond donors (Lipinski definition) is 2. The molecule has 104 valence electrons. The van der Waals surface area contributed by atoms with E-state index in [4.69, 9.17) is 5.11 Å². The molecule has 1 saturated heterocycles. The molecular formula is C12H23N3O3. The molecule has 2 N–H and O–H groups in total. The Kier molecular flexibility index (Phi) is 6.07. The number of carbonyl (C=O) groups is 2. The van der Waals surface area contributed by atoms with Crippen LogP contribution in [0.5, 0.6) is 0 Å². The zero-order valence-corrected chi connectivity index (χ0v) is 11.2. The largest absolute Gasteiger partial charge is 0.480 e. The summed E-state index contributed by atoms with van der Waals surface area (Å²) in [5.74, 6) is -1.09. The van der Waals surface area contributed by atoms with E-state index in [-0.39, 0.29) is 12.5 Å². The van der Waals surface area contributed by atoms with Gasteiger partial charge in [-0.1, -0.05) is 0 Å². The van der Waals surface area contributed by atoms with E-state index in [1.165, 1.54) is 11.9 Å². The highest BCUT2D eigenvalue weighted by Gasteiger charge is 2.19. The molecule has 1 aliphatic rings. The van der Waals surface area contributed by atoms with E-state index in [1.807, 2.05) is 7.05 Å². The third-order valence-corrected chi connectivity index (χ3v) is 3.41. The van der Waals surface area contributed by atoms with Crippen molar-refractivity contribution in [2.75, 3.05) is 40.3 Å². The number of carboxylic acids is 1. The summed E-state index contributed by atoms with van der Waals surface area (Å²) in [6.07, 6.45) is 2.59. The monoisotopic (exact) mass is 257 g/mol. The summed E-state index contributed by atoms with van der Waals surface area (Å²) in [5.41, 5.74) is 0. The molecule has 1 aliphatic heterocycles. The fourth-order valence-corrected chi connectivity index (χ4v) is 2.18.